The van der Waals surface area contributed by atoms with Crippen LogP contribution in [-0.4, -0.2) is 45.1 Å². The van der Waals surface area contributed by atoms with Crippen molar-refractivity contribution in [2.24, 2.45) is 0 Å². The van der Waals surface area contributed by atoms with Gasteiger partial charge in [-0.05, 0) is 0 Å². The Balaban J connectivity index is 4.08. The molecule has 0 aromatic heterocycles. The Morgan fingerprint density at radius 1 is 1.64 bits per heavy atom. The fraction of sp³-hybridized carbons (Fsp3) is 0.800. The molecule has 0 rings (SSSR count). The first-order valence-electron chi connectivity index (χ1n) is 2.83. The van der Waals surface area contributed by atoms with E-state index < -0.39 is 24.7 Å². The molecule has 6 nitrogen and oxygen atoms in total. The highest BCUT2D eigenvalue weighted by Crippen LogP contribution is 2.07. The minimum absolute atomic E-state index is 0.916. The number of carbonyl (C=O) groups is 1. The van der Waals surface area contributed by atoms with Crippen molar-refractivity contribution in [3.63, 3.8) is 0 Å². The molecule has 0 aromatic carbocycles. The molecule has 0 aliphatic rings. The second-order valence-corrected chi connectivity index (χ2v) is 1.95. The molecule has 1 unspecified atom stereocenters. The molecular formula is C5H10O6. The van der Waals surface area contributed by atoms with Crippen molar-refractivity contribution in [1.29, 1.82) is 0 Å². The Morgan fingerprint density at radius 2 is 2.09 bits per heavy atom. The summed E-state index contributed by atoms with van der Waals surface area (Å²) in [7, 11) is 0. The van der Waals surface area contributed by atoms with Crippen LogP contribution in [0.25, 0.3) is 0 Å². The van der Waals surface area contributed by atoms with Crippen LogP contribution < -0.4 is 0 Å². The highest BCUT2D eigenvalue weighted by Gasteiger charge is 2.36. The molecule has 11 heavy (non-hydrogen) atoms. The topological polar surface area (TPSA) is 107 Å². The van der Waals surface area contributed by atoms with Gasteiger partial charge in [0.25, 0.3) is 0 Å². The van der Waals surface area contributed by atoms with E-state index in [9.17, 15) is 4.79 Å². The van der Waals surface area contributed by atoms with Crippen LogP contribution in [0.1, 0.15) is 6.92 Å². The van der Waals surface area contributed by atoms with Crippen LogP contribution >= 0.6 is 0 Å². The van der Waals surface area contributed by atoms with E-state index in [4.69, 9.17) is 20.4 Å². The van der Waals surface area contributed by atoms with E-state index in [0.29, 0.717) is 0 Å². The highest BCUT2D eigenvalue weighted by molar-refractivity contribution is 5.66. The monoisotopic (exact) mass is 166 g/mol. The first-order valence-corrected chi connectivity index (χ1v) is 2.83. The fourth-order valence-corrected chi connectivity index (χ4v) is 0.398. The molecule has 1 atom stereocenters. The zero-order valence-electron chi connectivity index (χ0n) is 5.89. The van der Waals surface area contributed by atoms with Crippen molar-refractivity contribution in [3.8, 4) is 0 Å². The summed E-state index contributed by atoms with van der Waals surface area (Å²) in [5.41, 5.74) is 0. The molecule has 0 aliphatic carbocycles. The Morgan fingerprint density at radius 3 is 2.36 bits per heavy atom. The van der Waals surface area contributed by atoms with E-state index in [0.717, 1.165) is 6.92 Å². The van der Waals surface area contributed by atoms with Gasteiger partial charge < -0.3 is 25.2 Å². The van der Waals surface area contributed by atoms with Gasteiger partial charge in [-0.2, -0.15) is 0 Å². The minimum atomic E-state index is -3.01. The molecule has 0 amide bonds. The quantitative estimate of drug-likeness (QED) is 0.273. The molecular weight excluding hydrogens is 156 g/mol. The molecule has 0 heterocycles. The zero-order chi connectivity index (χ0) is 9.07. The molecule has 4 N–H and O–H groups in total. The lowest BCUT2D eigenvalue weighted by Gasteiger charge is -2.24. The van der Waals surface area contributed by atoms with E-state index in [-0.39, 0.29) is 0 Å². The first-order chi connectivity index (χ1) is 4.90. The second-order valence-electron chi connectivity index (χ2n) is 1.95. The van der Waals surface area contributed by atoms with E-state index in [1.54, 1.807) is 0 Å². The number of carbonyl (C=O) groups excluding carboxylic acids is 1. The van der Waals surface area contributed by atoms with Crippen molar-refractivity contribution in [2.75, 3.05) is 6.61 Å². The van der Waals surface area contributed by atoms with Gasteiger partial charge in [-0.1, -0.05) is 0 Å². The standard InChI is InChI=1S/C5H10O6/c1-3(7)11-5(9,10)4(8)2-6/h4,6,8-10H,2H2,1H3. The Labute approximate surface area is 62.7 Å². The van der Waals surface area contributed by atoms with Crippen molar-refractivity contribution in [1.82, 2.24) is 0 Å². The van der Waals surface area contributed by atoms with Gasteiger partial charge in [0.05, 0.1) is 6.61 Å². The summed E-state index contributed by atoms with van der Waals surface area (Å²) >= 11 is 0. The lowest BCUT2D eigenvalue weighted by molar-refractivity contribution is -0.360. The van der Waals surface area contributed by atoms with E-state index in [1.807, 2.05) is 0 Å². The van der Waals surface area contributed by atoms with Crippen LogP contribution in [0.2, 0.25) is 0 Å². The summed E-state index contributed by atoms with van der Waals surface area (Å²) in [6, 6.07) is 0. The number of rotatable bonds is 3. The van der Waals surface area contributed by atoms with Crippen LogP contribution in [0.5, 0.6) is 0 Å². The Kier molecular flexibility index (Phi) is 3.40. The predicted molar refractivity (Wildman–Crippen MR) is 32.0 cm³/mol. The number of hydrogen-bond acceptors (Lipinski definition) is 6. The van der Waals surface area contributed by atoms with E-state index in [2.05, 4.69) is 4.74 Å². The molecule has 0 bridgehead atoms. The maximum Gasteiger partial charge on any atom is 0.354 e. The molecule has 0 aliphatic heterocycles. The highest BCUT2D eigenvalue weighted by atomic mass is 16.8. The third kappa shape index (κ3) is 3.28. The predicted octanol–water partition coefficient (Wildman–Crippen LogP) is -2.46. The maximum absolute atomic E-state index is 10.1. The van der Waals surface area contributed by atoms with E-state index in [1.165, 1.54) is 0 Å². The summed E-state index contributed by atoms with van der Waals surface area (Å²) < 4.78 is 3.85. The van der Waals surface area contributed by atoms with Crippen molar-refractivity contribution in [3.05, 3.63) is 0 Å². The van der Waals surface area contributed by atoms with Crippen molar-refractivity contribution < 1.29 is 30.0 Å². The summed E-state index contributed by atoms with van der Waals surface area (Å²) in [6.07, 6.45) is -1.92. The number of aliphatic hydroxyl groups excluding tert-OH is 2. The van der Waals surface area contributed by atoms with Gasteiger partial charge in [0, 0.05) is 6.92 Å². The summed E-state index contributed by atoms with van der Waals surface area (Å²) in [6.45, 7) is 0.0194. The van der Waals surface area contributed by atoms with Gasteiger partial charge in [0.2, 0.25) is 0 Å². The average molecular weight is 166 g/mol. The fourth-order valence-electron chi connectivity index (χ4n) is 0.398. The molecule has 0 saturated carbocycles. The van der Waals surface area contributed by atoms with Gasteiger partial charge in [-0.15, -0.1) is 0 Å². The molecule has 0 saturated heterocycles. The van der Waals surface area contributed by atoms with Gasteiger partial charge in [0.15, 0.2) is 6.10 Å². The normalized spacial score (nSPS) is 14.3. The van der Waals surface area contributed by atoms with Gasteiger partial charge >= 0.3 is 11.9 Å². The van der Waals surface area contributed by atoms with Crippen molar-refractivity contribution in [2.45, 2.75) is 19.0 Å². The number of aliphatic hydroxyl groups is 4. The summed E-state index contributed by atoms with van der Waals surface area (Å²) in [5.74, 6) is -3.98. The Bertz CT molecular complexity index is 142. The lowest BCUT2D eigenvalue weighted by atomic mass is 10.3. The smallest absolute Gasteiger partial charge is 0.354 e. The van der Waals surface area contributed by atoms with Crippen LogP contribution in [0, 0.1) is 0 Å². The summed E-state index contributed by atoms with van der Waals surface area (Å²) in [4.78, 5) is 10.1. The zero-order valence-corrected chi connectivity index (χ0v) is 5.89. The average Bonchev–Trinajstić information content (AvgIpc) is 1.83. The number of ether oxygens (including phenoxy) is 1. The Hall–Kier alpha value is -0.690. The largest absolute Gasteiger partial charge is 0.406 e. The minimum Gasteiger partial charge on any atom is -0.406 e. The number of esters is 1. The van der Waals surface area contributed by atoms with Crippen LogP contribution in [-0.2, 0) is 9.53 Å². The van der Waals surface area contributed by atoms with Crippen molar-refractivity contribution >= 4 is 5.97 Å². The molecule has 0 radical (unpaired) electrons. The van der Waals surface area contributed by atoms with E-state index >= 15 is 0 Å². The third-order valence-corrected chi connectivity index (χ3v) is 0.901. The second kappa shape index (κ2) is 3.63. The van der Waals surface area contributed by atoms with Crippen LogP contribution in [0.3, 0.4) is 0 Å². The first kappa shape index (κ1) is 10.3. The lowest BCUT2D eigenvalue weighted by Crippen LogP contribution is -2.47. The molecule has 0 spiro atoms. The van der Waals surface area contributed by atoms with Gasteiger partial charge in [-0.25, -0.2) is 0 Å². The van der Waals surface area contributed by atoms with Gasteiger partial charge in [-0.3, -0.25) is 4.79 Å². The maximum atomic E-state index is 10.1. The molecule has 66 valence electrons. The SMILES string of the molecule is CC(=O)OC(O)(O)C(O)CO. The number of hydrogen-bond donors (Lipinski definition) is 4. The van der Waals surface area contributed by atoms with Gasteiger partial charge in [0.1, 0.15) is 0 Å². The van der Waals surface area contributed by atoms with Crippen LogP contribution in [0.4, 0.5) is 0 Å². The van der Waals surface area contributed by atoms with Crippen LogP contribution in [0.15, 0.2) is 0 Å². The summed E-state index contributed by atoms with van der Waals surface area (Å²) in [5, 5.41) is 34.1. The molecule has 0 aromatic rings. The molecule has 6 heteroatoms. The molecule has 0 fully saturated rings. The third-order valence-electron chi connectivity index (χ3n) is 0.901.